The van der Waals surface area contributed by atoms with E-state index in [2.05, 4.69) is 15.4 Å². The first-order valence-electron chi connectivity index (χ1n) is 5.66. The van der Waals surface area contributed by atoms with Gasteiger partial charge in [-0.05, 0) is 37.3 Å². The average molecular weight is 277 g/mol. The van der Waals surface area contributed by atoms with Crippen molar-refractivity contribution in [2.24, 2.45) is 0 Å². The normalized spacial score (nSPS) is 10.9. The predicted molar refractivity (Wildman–Crippen MR) is 72.4 cm³/mol. The molecule has 0 fully saturated rings. The number of rotatable bonds is 2. The molecule has 0 radical (unpaired) electrons. The molecule has 2 aromatic heterocycles. The summed E-state index contributed by atoms with van der Waals surface area (Å²) in [5.41, 5.74) is 2.53. The molecule has 0 spiro atoms. The standard InChI is InChI=1S/C13H10ClFN4/c1-8-2-5-12-13(16-7-17-19(8)12)18-9-3-4-11(15)10(14)6-9/h2-7H,1H3,(H,16,17,18). The van der Waals surface area contributed by atoms with Gasteiger partial charge in [-0.3, -0.25) is 0 Å². The van der Waals surface area contributed by atoms with Crippen LogP contribution in [0.4, 0.5) is 15.9 Å². The van der Waals surface area contributed by atoms with Crippen LogP contribution in [0.15, 0.2) is 36.7 Å². The van der Waals surface area contributed by atoms with Crippen molar-refractivity contribution in [1.82, 2.24) is 14.6 Å². The van der Waals surface area contributed by atoms with Gasteiger partial charge in [0.1, 0.15) is 17.7 Å². The number of hydrogen-bond donors (Lipinski definition) is 1. The van der Waals surface area contributed by atoms with Crippen molar-refractivity contribution in [2.75, 3.05) is 5.32 Å². The van der Waals surface area contributed by atoms with Crippen LogP contribution in [0, 0.1) is 12.7 Å². The van der Waals surface area contributed by atoms with Gasteiger partial charge in [-0.2, -0.15) is 5.10 Å². The van der Waals surface area contributed by atoms with Crippen molar-refractivity contribution >= 4 is 28.6 Å². The maximum Gasteiger partial charge on any atom is 0.158 e. The molecule has 0 aliphatic heterocycles. The highest BCUT2D eigenvalue weighted by Gasteiger charge is 2.07. The van der Waals surface area contributed by atoms with Crippen LogP contribution in [0.2, 0.25) is 5.02 Å². The molecule has 19 heavy (non-hydrogen) atoms. The summed E-state index contributed by atoms with van der Waals surface area (Å²) < 4.78 is 14.9. The van der Waals surface area contributed by atoms with Gasteiger partial charge >= 0.3 is 0 Å². The molecule has 0 atom stereocenters. The van der Waals surface area contributed by atoms with Crippen LogP contribution < -0.4 is 5.32 Å². The summed E-state index contributed by atoms with van der Waals surface area (Å²) in [5, 5.41) is 7.33. The second kappa shape index (κ2) is 4.51. The second-order valence-corrected chi connectivity index (χ2v) is 4.54. The molecule has 3 aromatic rings. The first-order valence-corrected chi connectivity index (χ1v) is 6.04. The Bertz CT molecular complexity index is 753. The first kappa shape index (κ1) is 11.9. The largest absolute Gasteiger partial charge is 0.338 e. The molecule has 1 aromatic carbocycles. The third kappa shape index (κ3) is 2.13. The molecule has 0 aliphatic rings. The van der Waals surface area contributed by atoms with Crippen molar-refractivity contribution < 1.29 is 4.39 Å². The molecular weight excluding hydrogens is 267 g/mol. The molecule has 3 rings (SSSR count). The fourth-order valence-electron chi connectivity index (χ4n) is 1.87. The smallest absolute Gasteiger partial charge is 0.158 e. The summed E-state index contributed by atoms with van der Waals surface area (Å²) in [7, 11) is 0. The van der Waals surface area contributed by atoms with Gasteiger partial charge in [0, 0.05) is 11.4 Å². The van der Waals surface area contributed by atoms with Gasteiger partial charge in [0.2, 0.25) is 0 Å². The number of fused-ring (bicyclic) bond motifs is 1. The Morgan fingerprint density at radius 2 is 2.11 bits per heavy atom. The Morgan fingerprint density at radius 1 is 1.26 bits per heavy atom. The SMILES string of the molecule is Cc1ccc2c(Nc3ccc(F)c(Cl)c3)ncnn12. The molecule has 4 nitrogen and oxygen atoms in total. The first-order chi connectivity index (χ1) is 9.15. The molecule has 0 saturated heterocycles. The van der Waals surface area contributed by atoms with Crippen LogP contribution in [-0.2, 0) is 0 Å². The number of hydrogen-bond acceptors (Lipinski definition) is 3. The van der Waals surface area contributed by atoms with Gasteiger partial charge in [-0.15, -0.1) is 0 Å². The van der Waals surface area contributed by atoms with Crippen molar-refractivity contribution in [3.8, 4) is 0 Å². The predicted octanol–water partition coefficient (Wildman–Crippen LogP) is 3.57. The Morgan fingerprint density at radius 3 is 2.89 bits per heavy atom. The highest BCUT2D eigenvalue weighted by Crippen LogP contribution is 2.24. The second-order valence-electron chi connectivity index (χ2n) is 4.13. The van der Waals surface area contributed by atoms with Gasteiger partial charge in [-0.1, -0.05) is 11.6 Å². The summed E-state index contributed by atoms with van der Waals surface area (Å²) in [4.78, 5) is 4.19. The van der Waals surface area contributed by atoms with Gasteiger partial charge in [0.05, 0.1) is 5.02 Å². The monoisotopic (exact) mass is 276 g/mol. The summed E-state index contributed by atoms with van der Waals surface area (Å²) in [5.74, 6) is 0.198. The molecule has 0 amide bonds. The molecule has 96 valence electrons. The molecule has 6 heteroatoms. The summed E-state index contributed by atoms with van der Waals surface area (Å²) >= 11 is 5.75. The zero-order valence-electron chi connectivity index (χ0n) is 10.1. The molecule has 2 heterocycles. The number of anilines is 2. The lowest BCUT2D eigenvalue weighted by atomic mass is 10.3. The summed E-state index contributed by atoms with van der Waals surface area (Å²) in [6.07, 6.45) is 1.47. The van der Waals surface area contributed by atoms with Crippen LogP contribution in [0.25, 0.3) is 5.52 Å². The number of benzene rings is 1. The van der Waals surface area contributed by atoms with E-state index in [1.54, 1.807) is 10.6 Å². The van der Waals surface area contributed by atoms with E-state index < -0.39 is 5.82 Å². The average Bonchev–Trinajstić information content (AvgIpc) is 2.77. The van der Waals surface area contributed by atoms with Gasteiger partial charge in [0.15, 0.2) is 5.82 Å². The summed E-state index contributed by atoms with van der Waals surface area (Å²) in [6.45, 7) is 1.96. The lowest BCUT2D eigenvalue weighted by molar-refractivity contribution is 0.628. The van der Waals surface area contributed by atoms with Crippen molar-refractivity contribution in [3.05, 3.63) is 53.2 Å². The minimum Gasteiger partial charge on any atom is -0.338 e. The molecule has 1 N–H and O–H groups in total. The zero-order valence-corrected chi connectivity index (χ0v) is 10.8. The van der Waals surface area contributed by atoms with Crippen molar-refractivity contribution in [1.29, 1.82) is 0 Å². The Labute approximate surface area is 113 Å². The number of nitrogens with zero attached hydrogens (tertiary/aromatic N) is 3. The number of aromatic nitrogens is 3. The van der Waals surface area contributed by atoms with Gasteiger partial charge in [0.25, 0.3) is 0 Å². The minimum absolute atomic E-state index is 0.0710. The quantitative estimate of drug-likeness (QED) is 0.778. The van der Waals surface area contributed by atoms with Crippen LogP contribution in [0.5, 0.6) is 0 Å². The highest BCUT2D eigenvalue weighted by atomic mass is 35.5. The molecule has 0 saturated carbocycles. The number of nitrogens with one attached hydrogen (secondary N) is 1. The third-order valence-corrected chi connectivity index (χ3v) is 3.11. The molecular formula is C13H10ClFN4. The van der Waals surface area contributed by atoms with Gasteiger partial charge < -0.3 is 5.32 Å². The van der Waals surface area contributed by atoms with Crippen LogP contribution in [0.1, 0.15) is 5.69 Å². The van der Waals surface area contributed by atoms with E-state index in [9.17, 15) is 4.39 Å². The Balaban J connectivity index is 2.03. The van der Waals surface area contributed by atoms with E-state index in [1.165, 1.54) is 18.5 Å². The van der Waals surface area contributed by atoms with Crippen LogP contribution >= 0.6 is 11.6 Å². The minimum atomic E-state index is -0.446. The van der Waals surface area contributed by atoms with E-state index in [0.29, 0.717) is 11.5 Å². The molecule has 0 unspecified atom stereocenters. The number of halogens is 2. The Hall–Kier alpha value is -2.14. The number of aryl methyl sites for hydroxylation is 1. The van der Waals surface area contributed by atoms with E-state index in [1.807, 2.05) is 19.1 Å². The highest BCUT2D eigenvalue weighted by molar-refractivity contribution is 6.31. The van der Waals surface area contributed by atoms with E-state index >= 15 is 0 Å². The van der Waals surface area contributed by atoms with E-state index in [0.717, 1.165) is 11.2 Å². The van der Waals surface area contributed by atoms with Gasteiger partial charge in [-0.25, -0.2) is 13.9 Å². The van der Waals surface area contributed by atoms with E-state index in [-0.39, 0.29) is 5.02 Å². The maximum absolute atomic E-state index is 13.1. The zero-order chi connectivity index (χ0) is 13.4. The van der Waals surface area contributed by atoms with E-state index in [4.69, 9.17) is 11.6 Å². The molecule has 0 aliphatic carbocycles. The fraction of sp³-hybridized carbons (Fsp3) is 0.0769. The Kier molecular flexibility index (Phi) is 2.83. The fourth-order valence-corrected chi connectivity index (χ4v) is 2.05. The topological polar surface area (TPSA) is 42.2 Å². The van der Waals surface area contributed by atoms with Crippen LogP contribution in [-0.4, -0.2) is 14.6 Å². The van der Waals surface area contributed by atoms with Crippen molar-refractivity contribution in [2.45, 2.75) is 6.92 Å². The third-order valence-electron chi connectivity index (χ3n) is 2.82. The lowest BCUT2D eigenvalue weighted by Crippen LogP contribution is -2.01. The maximum atomic E-state index is 13.1. The lowest BCUT2D eigenvalue weighted by Gasteiger charge is -2.08. The van der Waals surface area contributed by atoms with Crippen molar-refractivity contribution in [3.63, 3.8) is 0 Å². The molecule has 0 bridgehead atoms. The summed E-state index contributed by atoms with van der Waals surface area (Å²) in [6, 6.07) is 8.31. The van der Waals surface area contributed by atoms with Crippen LogP contribution in [0.3, 0.4) is 0 Å².